The zero-order valence-electron chi connectivity index (χ0n) is 15.6. The van der Waals surface area contributed by atoms with E-state index in [0.29, 0.717) is 37.3 Å². The van der Waals surface area contributed by atoms with Crippen LogP contribution in [-0.4, -0.2) is 58.6 Å². The van der Waals surface area contributed by atoms with Crippen molar-refractivity contribution in [1.82, 2.24) is 14.8 Å². The minimum absolute atomic E-state index is 0.0414. The predicted octanol–water partition coefficient (Wildman–Crippen LogP) is 3.32. The van der Waals surface area contributed by atoms with Crippen molar-refractivity contribution in [1.29, 1.82) is 0 Å². The molecule has 26 heavy (non-hydrogen) atoms. The predicted molar refractivity (Wildman–Crippen MR) is 100 cm³/mol. The van der Waals surface area contributed by atoms with Gasteiger partial charge in [-0.25, -0.2) is 4.79 Å². The molecule has 0 spiro atoms. The molecule has 1 saturated heterocycles. The lowest BCUT2D eigenvalue weighted by atomic mass is 10.1. The Morgan fingerprint density at radius 2 is 1.69 bits per heavy atom. The molecule has 1 aromatic carbocycles. The Balaban J connectivity index is 1.72. The molecule has 3 rings (SSSR count). The molecule has 0 saturated carbocycles. The summed E-state index contributed by atoms with van der Waals surface area (Å²) in [5, 5.41) is 0.948. The van der Waals surface area contributed by atoms with Gasteiger partial charge in [-0.3, -0.25) is 9.78 Å². The SMILES string of the molecule is CC(C)(C)OC(=O)N1CCCN(C(=O)c2cccc3cccnc23)CC1. The Morgan fingerprint density at radius 3 is 2.46 bits per heavy atom. The average molecular weight is 355 g/mol. The van der Waals surface area contributed by atoms with Crippen molar-refractivity contribution in [2.45, 2.75) is 32.8 Å². The third-order valence-electron chi connectivity index (χ3n) is 4.30. The van der Waals surface area contributed by atoms with E-state index in [1.807, 2.05) is 51.1 Å². The van der Waals surface area contributed by atoms with Crippen LogP contribution < -0.4 is 0 Å². The summed E-state index contributed by atoms with van der Waals surface area (Å²) in [6, 6.07) is 9.45. The van der Waals surface area contributed by atoms with Gasteiger partial charge in [-0.2, -0.15) is 0 Å². The molecule has 0 N–H and O–H groups in total. The van der Waals surface area contributed by atoms with Crippen LogP contribution in [0.1, 0.15) is 37.6 Å². The maximum absolute atomic E-state index is 13.0. The number of carbonyl (C=O) groups excluding carboxylic acids is 2. The second-order valence-corrected chi connectivity index (χ2v) is 7.49. The van der Waals surface area contributed by atoms with Gasteiger partial charge in [0, 0.05) is 37.8 Å². The van der Waals surface area contributed by atoms with Crippen LogP contribution in [0.4, 0.5) is 4.79 Å². The summed E-state index contributed by atoms with van der Waals surface area (Å²) in [7, 11) is 0. The van der Waals surface area contributed by atoms with Gasteiger partial charge in [-0.15, -0.1) is 0 Å². The molecule has 0 atom stereocenters. The van der Waals surface area contributed by atoms with Crippen LogP contribution in [0.25, 0.3) is 10.9 Å². The molecule has 1 aromatic heterocycles. The zero-order chi connectivity index (χ0) is 18.7. The highest BCUT2D eigenvalue weighted by molar-refractivity contribution is 6.05. The van der Waals surface area contributed by atoms with Crippen molar-refractivity contribution in [3.05, 3.63) is 42.1 Å². The molecule has 138 valence electrons. The summed E-state index contributed by atoms with van der Waals surface area (Å²) in [5.74, 6) is -0.0414. The summed E-state index contributed by atoms with van der Waals surface area (Å²) in [6.45, 7) is 7.72. The highest BCUT2D eigenvalue weighted by atomic mass is 16.6. The summed E-state index contributed by atoms with van der Waals surface area (Å²) >= 11 is 0. The van der Waals surface area contributed by atoms with Crippen molar-refractivity contribution in [2.24, 2.45) is 0 Å². The van der Waals surface area contributed by atoms with E-state index in [1.165, 1.54) is 0 Å². The van der Waals surface area contributed by atoms with E-state index in [0.717, 1.165) is 11.8 Å². The maximum atomic E-state index is 13.0. The van der Waals surface area contributed by atoms with Crippen LogP contribution >= 0.6 is 0 Å². The molecule has 1 aliphatic rings. The standard InChI is InChI=1S/C20H25N3O3/c1-20(2,3)26-19(25)23-12-6-11-22(13-14-23)18(24)16-9-4-7-15-8-5-10-21-17(15)16/h4-5,7-10H,6,11-14H2,1-3H3. The van der Waals surface area contributed by atoms with Crippen LogP contribution in [0, 0.1) is 0 Å². The van der Waals surface area contributed by atoms with Crippen molar-refractivity contribution in [3.8, 4) is 0 Å². The van der Waals surface area contributed by atoms with Gasteiger partial charge in [0.1, 0.15) is 5.60 Å². The molecule has 6 heteroatoms. The van der Waals surface area contributed by atoms with Gasteiger partial charge in [0.25, 0.3) is 5.91 Å². The van der Waals surface area contributed by atoms with Crippen molar-refractivity contribution < 1.29 is 14.3 Å². The Labute approximate surface area is 153 Å². The minimum Gasteiger partial charge on any atom is -0.444 e. The van der Waals surface area contributed by atoms with E-state index >= 15 is 0 Å². The second-order valence-electron chi connectivity index (χ2n) is 7.49. The number of para-hydroxylation sites is 1. The molecule has 2 aromatic rings. The third-order valence-corrected chi connectivity index (χ3v) is 4.30. The lowest BCUT2D eigenvalue weighted by Crippen LogP contribution is -2.40. The number of rotatable bonds is 1. The van der Waals surface area contributed by atoms with Gasteiger partial charge in [0.05, 0.1) is 11.1 Å². The normalized spacial score (nSPS) is 15.7. The molecular weight excluding hydrogens is 330 g/mol. The van der Waals surface area contributed by atoms with E-state index < -0.39 is 5.60 Å². The van der Waals surface area contributed by atoms with Crippen LogP contribution in [0.15, 0.2) is 36.5 Å². The molecule has 0 bridgehead atoms. The molecule has 1 fully saturated rings. The molecule has 6 nitrogen and oxygen atoms in total. The largest absolute Gasteiger partial charge is 0.444 e. The van der Waals surface area contributed by atoms with Crippen LogP contribution in [0.2, 0.25) is 0 Å². The fourth-order valence-corrected chi connectivity index (χ4v) is 3.08. The quantitative estimate of drug-likeness (QED) is 0.787. The van der Waals surface area contributed by atoms with Crippen molar-refractivity contribution in [3.63, 3.8) is 0 Å². The van der Waals surface area contributed by atoms with Gasteiger partial charge < -0.3 is 14.5 Å². The number of amides is 2. The number of pyridine rings is 1. The van der Waals surface area contributed by atoms with E-state index in [4.69, 9.17) is 4.74 Å². The topological polar surface area (TPSA) is 62.7 Å². The first-order chi connectivity index (χ1) is 12.3. The van der Waals surface area contributed by atoms with Crippen LogP contribution in [-0.2, 0) is 4.74 Å². The summed E-state index contributed by atoms with van der Waals surface area (Å²) in [4.78, 5) is 33.2. The molecule has 1 aliphatic heterocycles. The smallest absolute Gasteiger partial charge is 0.410 e. The fraction of sp³-hybridized carbons (Fsp3) is 0.450. The Hall–Kier alpha value is -2.63. The van der Waals surface area contributed by atoms with E-state index in [1.54, 1.807) is 16.0 Å². The number of benzene rings is 1. The Morgan fingerprint density at radius 1 is 1.00 bits per heavy atom. The number of aromatic nitrogens is 1. The summed E-state index contributed by atoms with van der Waals surface area (Å²) in [5.41, 5.74) is 0.801. The highest BCUT2D eigenvalue weighted by Gasteiger charge is 2.27. The second kappa shape index (κ2) is 7.32. The third kappa shape index (κ3) is 4.12. The molecular formula is C20H25N3O3. The van der Waals surface area contributed by atoms with E-state index in [9.17, 15) is 9.59 Å². The maximum Gasteiger partial charge on any atom is 0.410 e. The highest BCUT2D eigenvalue weighted by Crippen LogP contribution is 2.19. The van der Waals surface area contributed by atoms with Gasteiger partial charge in [0.15, 0.2) is 0 Å². The molecule has 0 radical (unpaired) electrons. The number of carbonyl (C=O) groups is 2. The Bertz CT molecular complexity index is 808. The Kier molecular flexibility index (Phi) is 5.11. The van der Waals surface area contributed by atoms with Gasteiger partial charge in [-0.05, 0) is 39.3 Å². The van der Waals surface area contributed by atoms with Gasteiger partial charge in [-0.1, -0.05) is 18.2 Å². The minimum atomic E-state index is -0.520. The van der Waals surface area contributed by atoms with E-state index in [-0.39, 0.29) is 12.0 Å². The first-order valence-corrected chi connectivity index (χ1v) is 8.96. The lowest BCUT2D eigenvalue weighted by molar-refractivity contribution is 0.0255. The number of hydrogen-bond acceptors (Lipinski definition) is 4. The molecule has 2 amide bonds. The van der Waals surface area contributed by atoms with E-state index in [2.05, 4.69) is 4.98 Å². The fourth-order valence-electron chi connectivity index (χ4n) is 3.08. The summed E-state index contributed by atoms with van der Waals surface area (Å²) < 4.78 is 5.44. The number of hydrogen-bond donors (Lipinski definition) is 0. The monoisotopic (exact) mass is 355 g/mol. The van der Waals surface area contributed by atoms with Crippen LogP contribution in [0.3, 0.4) is 0 Å². The zero-order valence-corrected chi connectivity index (χ0v) is 15.6. The number of nitrogens with zero attached hydrogens (tertiary/aromatic N) is 3. The number of fused-ring (bicyclic) bond motifs is 1. The molecule has 0 unspecified atom stereocenters. The van der Waals surface area contributed by atoms with Gasteiger partial charge >= 0.3 is 6.09 Å². The van der Waals surface area contributed by atoms with Crippen LogP contribution in [0.5, 0.6) is 0 Å². The van der Waals surface area contributed by atoms with Crippen molar-refractivity contribution in [2.75, 3.05) is 26.2 Å². The lowest BCUT2D eigenvalue weighted by Gasteiger charge is -2.26. The molecule has 2 heterocycles. The summed E-state index contributed by atoms with van der Waals surface area (Å²) in [6.07, 6.45) is 2.10. The van der Waals surface area contributed by atoms with Crippen molar-refractivity contribution >= 4 is 22.9 Å². The first kappa shape index (κ1) is 18.2. The average Bonchev–Trinajstić information content (AvgIpc) is 2.85. The van der Waals surface area contributed by atoms with Gasteiger partial charge in [0.2, 0.25) is 0 Å². The molecule has 0 aliphatic carbocycles. The first-order valence-electron chi connectivity index (χ1n) is 8.96. The number of ether oxygens (including phenoxy) is 1.